The summed E-state index contributed by atoms with van der Waals surface area (Å²) in [4.78, 5) is 16.6. The van der Waals surface area contributed by atoms with Crippen LogP contribution >= 0.6 is 11.6 Å². The van der Waals surface area contributed by atoms with Gasteiger partial charge in [-0.25, -0.2) is 13.8 Å². The first-order chi connectivity index (χ1) is 17.6. The van der Waals surface area contributed by atoms with Gasteiger partial charge in [0, 0.05) is 28.3 Å². The largest absolute Gasteiger partial charge is 0.433 e. The molecule has 7 nitrogen and oxygen atoms in total. The lowest BCUT2D eigenvalue weighted by molar-refractivity contribution is -0.140. The molecule has 3 aromatic rings. The highest BCUT2D eigenvalue weighted by atomic mass is 35.5. The number of alkyl halides is 5. The second-order valence-electron chi connectivity index (χ2n) is 10.2. The second kappa shape index (κ2) is 10.3. The van der Waals surface area contributed by atoms with Gasteiger partial charge < -0.3 is 16.2 Å². The molecule has 0 saturated heterocycles. The van der Waals surface area contributed by atoms with E-state index in [-0.39, 0.29) is 35.3 Å². The number of nitrogens with zero attached hydrogens (tertiary/aromatic N) is 3. The van der Waals surface area contributed by atoms with Crippen molar-refractivity contribution >= 4 is 34.1 Å². The maximum absolute atomic E-state index is 13.5. The molecule has 0 bridgehead atoms. The van der Waals surface area contributed by atoms with Crippen molar-refractivity contribution in [2.24, 2.45) is 0 Å². The number of aliphatic hydroxyl groups is 1. The summed E-state index contributed by atoms with van der Waals surface area (Å²) < 4.78 is 67.8. The number of carbonyl (C=O) groups is 1. The van der Waals surface area contributed by atoms with Crippen LogP contribution in [0.2, 0.25) is 5.02 Å². The molecule has 2 aromatic heterocycles. The van der Waals surface area contributed by atoms with Crippen LogP contribution in [-0.4, -0.2) is 37.4 Å². The molecule has 2 heterocycles. The molecule has 0 atom stereocenters. The van der Waals surface area contributed by atoms with E-state index in [2.05, 4.69) is 15.4 Å². The number of fused-ring (bicyclic) bond motifs is 1. The number of nitrogen functional groups attached to an aromatic ring is 1. The van der Waals surface area contributed by atoms with Gasteiger partial charge in [0.25, 0.3) is 12.3 Å². The summed E-state index contributed by atoms with van der Waals surface area (Å²) in [6, 6.07) is 3.38. The average Bonchev–Trinajstić information content (AvgIpc) is 3.22. The summed E-state index contributed by atoms with van der Waals surface area (Å²) in [6.45, 7) is 2.92. The molecular weight excluding hydrogens is 533 g/mol. The maximum atomic E-state index is 13.5. The van der Waals surface area contributed by atoms with Crippen LogP contribution in [0.5, 0.6) is 0 Å². The number of hydrogen-bond acceptors (Lipinski definition) is 5. The predicted octanol–water partition coefficient (Wildman–Crippen LogP) is 5.85. The van der Waals surface area contributed by atoms with Gasteiger partial charge in [0.05, 0.1) is 23.2 Å². The summed E-state index contributed by atoms with van der Waals surface area (Å²) in [5, 5.41) is 17.2. The van der Waals surface area contributed by atoms with Crippen molar-refractivity contribution in [2.45, 2.75) is 76.2 Å². The Hall–Kier alpha value is -2.99. The minimum Gasteiger partial charge on any atom is -0.398 e. The number of pyridine rings is 1. The summed E-state index contributed by atoms with van der Waals surface area (Å²) >= 11 is 6.46. The molecule has 1 aromatic carbocycles. The number of hydrogen-bond donors (Lipinski definition) is 3. The number of rotatable bonds is 6. The molecule has 1 fully saturated rings. The first-order valence-corrected chi connectivity index (χ1v) is 12.4. The molecule has 1 aliphatic rings. The van der Waals surface area contributed by atoms with E-state index in [4.69, 9.17) is 17.3 Å². The number of anilines is 1. The van der Waals surface area contributed by atoms with Crippen molar-refractivity contribution in [2.75, 3.05) is 5.73 Å². The van der Waals surface area contributed by atoms with E-state index in [1.807, 2.05) is 0 Å². The minimum absolute atomic E-state index is 0.0701. The summed E-state index contributed by atoms with van der Waals surface area (Å²) in [5.41, 5.74) is 3.43. The van der Waals surface area contributed by atoms with Crippen LogP contribution in [-0.2, 0) is 12.7 Å². The van der Waals surface area contributed by atoms with Crippen LogP contribution in [0.15, 0.2) is 24.4 Å². The van der Waals surface area contributed by atoms with E-state index in [9.17, 15) is 31.9 Å². The lowest BCUT2D eigenvalue weighted by Crippen LogP contribution is -2.37. The molecular formula is C25H27ClF5N5O2. The lowest BCUT2D eigenvalue weighted by Gasteiger charge is -2.30. The van der Waals surface area contributed by atoms with Crippen molar-refractivity contribution in [1.82, 2.24) is 20.1 Å². The summed E-state index contributed by atoms with van der Waals surface area (Å²) in [7, 11) is 0. The molecule has 0 aliphatic heterocycles. The number of benzene rings is 1. The zero-order chi connectivity index (χ0) is 28.0. The Labute approximate surface area is 220 Å². The molecule has 1 aliphatic carbocycles. The van der Waals surface area contributed by atoms with Gasteiger partial charge in [-0.15, -0.1) is 0 Å². The van der Waals surface area contributed by atoms with Crippen LogP contribution in [0.3, 0.4) is 0 Å². The van der Waals surface area contributed by atoms with E-state index >= 15 is 0 Å². The van der Waals surface area contributed by atoms with Gasteiger partial charge in [-0.3, -0.25) is 9.48 Å². The highest BCUT2D eigenvalue weighted by molar-refractivity contribution is 6.32. The lowest BCUT2D eigenvalue weighted by atomic mass is 9.80. The number of halogens is 6. The van der Waals surface area contributed by atoms with Crippen molar-refractivity contribution in [1.29, 1.82) is 0 Å². The van der Waals surface area contributed by atoms with Crippen LogP contribution in [0.25, 0.3) is 10.9 Å². The molecule has 4 rings (SSSR count). The highest BCUT2D eigenvalue weighted by Gasteiger charge is 2.35. The van der Waals surface area contributed by atoms with Crippen molar-refractivity contribution in [3.63, 3.8) is 0 Å². The average molecular weight is 560 g/mol. The molecule has 0 radical (unpaired) electrons. The quantitative estimate of drug-likeness (QED) is 0.329. The SMILES string of the molecule is CC(C)(O)Cn1cc(C(=O)NC2CCC(c3c(Cl)ccc4nc(C(F)(F)F)cc(N)c34)CC2)c(C(F)F)n1. The van der Waals surface area contributed by atoms with Gasteiger partial charge >= 0.3 is 6.18 Å². The van der Waals surface area contributed by atoms with Crippen LogP contribution in [0.4, 0.5) is 27.6 Å². The Morgan fingerprint density at radius 3 is 2.47 bits per heavy atom. The second-order valence-corrected chi connectivity index (χ2v) is 10.6. The van der Waals surface area contributed by atoms with E-state index in [0.29, 0.717) is 41.7 Å². The van der Waals surface area contributed by atoms with Crippen molar-refractivity contribution in [3.8, 4) is 0 Å². The monoisotopic (exact) mass is 559 g/mol. The Balaban J connectivity index is 1.50. The number of nitrogens with two attached hydrogens (primary N) is 1. The van der Waals surface area contributed by atoms with E-state index in [0.717, 1.165) is 10.7 Å². The maximum Gasteiger partial charge on any atom is 0.433 e. The number of nitrogens with one attached hydrogen (secondary N) is 1. The fourth-order valence-electron chi connectivity index (χ4n) is 4.94. The summed E-state index contributed by atoms with van der Waals surface area (Å²) in [5.74, 6) is -0.839. The minimum atomic E-state index is -4.65. The fourth-order valence-corrected chi connectivity index (χ4v) is 5.26. The molecule has 206 valence electrons. The van der Waals surface area contributed by atoms with Gasteiger partial charge in [0.2, 0.25) is 0 Å². The smallest absolute Gasteiger partial charge is 0.398 e. The number of carbonyl (C=O) groups excluding carboxylic acids is 1. The molecule has 13 heteroatoms. The van der Waals surface area contributed by atoms with Gasteiger partial charge in [0.15, 0.2) is 0 Å². The number of amides is 1. The van der Waals surface area contributed by atoms with Crippen LogP contribution in [0, 0.1) is 0 Å². The van der Waals surface area contributed by atoms with E-state index < -0.39 is 35.5 Å². The van der Waals surface area contributed by atoms with Crippen LogP contribution in [0.1, 0.15) is 79.2 Å². The van der Waals surface area contributed by atoms with Gasteiger partial charge in [-0.05, 0) is 69.2 Å². The first-order valence-electron chi connectivity index (χ1n) is 12.0. The first kappa shape index (κ1) is 28.0. The molecule has 4 N–H and O–H groups in total. The molecule has 0 spiro atoms. The fraction of sp³-hybridized carbons (Fsp3) is 0.480. The Kier molecular flexibility index (Phi) is 7.59. The van der Waals surface area contributed by atoms with Gasteiger partial charge in [0.1, 0.15) is 11.4 Å². The highest BCUT2D eigenvalue weighted by Crippen LogP contribution is 2.43. The normalized spacial score (nSPS) is 18.8. The zero-order valence-electron chi connectivity index (χ0n) is 20.6. The van der Waals surface area contributed by atoms with E-state index in [1.165, 1.54) is 32.2 Å². The van der Waals surface area contributed by atoms with Crippen molar-refractivity contribution < 1.29 is 31.9 Å². The third kappa shape index (κ3) is 6.01. The molecule has 38 heavy (non-hydrogen) atoms. The van der Waals surface area contributed by atoms with Gasteiger partial charge in [-0.1, -0.05) is 11.6 Å². The Morgan fingerprint density at radius 2 is 1.89 bits per heavy atom. The standard InChI is InChI=1S/C25H27ClF5N5O2/c1-24(2,38)11-36-10-14(21(35-36)22(27)28)23(37)33-13-5-3-12(4-6-13)19-15(26)7-8-17-20(19)16(32)9-18(34-17)25(29,30)31/h7-10,12-13,22,38H,3-6,11H2,1-2H3,(H2,32,34)(H,33,37). The topological polar surface area (TPSA) is 106 Å². The molecule has 1 saturated carbocycles. The third-order valence-corrected chi connectivity index (χ3v) is 6.87. The Morgan fingerprint density at radius 1 is 1.24 bits per heavy atom. The van der Waals surface area contributed by atoms with Gasteiger partial charge in [-0.2, -0.15) is 18.3 Å². The zero-order valence-corrected chi connectivity index (χ0v) is 21.4. The predicted molar refractivity (Wildman–Crippen MR) is 132 cm³/mol. The third-order valence-electron chi connectivity index (χ3n) is 6.54. The summed E-state index contributed by atoms with van der Waals surface area (Å²) in [6.07, 6.45) is -4.39. The molecule has 1 amide bonds. The number of aromatic nitrogens is 3. The van der Waals surface area contributed by atoms with Crippen LogP contribution < -0.4 is 11.1 Å². The van der Waals surface area contributed by atoms with E-state index in [1.54, 1.807) is 0 Å². The Bertz CT molecular complexity index is 1340. The molecule has 0 unspecified atom stereocenters. The van der Waals surface area contributed by atoms with Crippen molar-refractivity contribution in [3.05, 3.63) is 51.9 Å².